The van der Waals surface area contributed by atoms with E-state index in [9.17, 15) is 13.2 Å². The highest BCUT2D eigenvalue weighted by atomic mass is 32.2. The van der Waals surface area contributed by atoms with E-state index in [4.69, 9.17) is 0 Å². The van der Waals surface area contributed by atoms with Gasteiger partial charge >= 0.3 is 0 Å². The van der Waals surface area contributed by atoms with Crippen molar-refractivity contribution in [3.05, 3.63) is 29.3 Å². The summed E-state index contributed by atoms with van der Waals surface area (Å²) in [5.41, 5.74) is 2.75. The summed E-state index contributed by atoms with van der Waals surface area (Å²) in [4.78, 5) is 12.1. The number of nitrogens with one attached hydrogen (secondary N) is 2. The van der Waals surface area contributed by atoms with Crippen LogP contribution in [0.5, 0.6) is 0 Å². The van der Waals surface area contributed by atoms with Gasteiger partial charge < -0.3 is 5.32 Å². The van der Waals surface area contributed by atoms with Gasteiger partial charge in [-0.05, 0) is 44.9 Å². The van der Waals surface area contributed by atoms with Crippen LogP contribution in [0.1, 0.15) is 32.3 Å². The van der Waals surface area contributed by atoms with Crippen molar-refractivity contribution in [3.8, 4) is 0 Å². The van der Waals surface area contributed by atoms with E-state index in [1.165, 1.54) is 6.07 Å². The predicted octanol–water partition coefficient (Wildman–Crippen LogP) is 1.87. The van der Waals surface area contributed by atoms with Crippen LogP contribution in [-0.4, -0.2) is 20.4 Å². The first-order valence-corrected chi connectivity index (χ1v) is 8.02. The Hall–Kier alpha value is -1.66. The van der Waals surface area contributed by atoms with E-state index in [0.29, 0.717) is 16.8 Å². The monoisotopic (exact) mass is 292 g/mol. The number of hydrogen-bond acceptors (Lipinski definition) is 3. The highest BCUT2D eigenvalue weighted by Crippen LogP contribution is 2.35. The zero-order chi connectivity index (χ0) is 14.5. The Kier molecular flexibility index (Phi) is 2.95. The van der Waals surface area contributed by atoms with Gasteiger partial charge in [-0.3, -0.25) is 4.79 Å². The molecule has 1 aromatic carbocycles. The van der Waals surface area contributed by atoms with E-state index in [-0.39, 0.29) is 16.8 Å². The number of amides is 1. The van der Waals surface area contributed by atoms with Gasteiger partial charge in [0.15, 0.2) is 0 Å². The number of allylic oxidation sites excluding steroid dienone is 1. The topological polar surface area (TPSA) is 75.3 Å². The van der Waals surface area contributed by atoms with Crippen LogP contribution in [0.3, 0.4) is 0 Å². The van der Waals surface area contributed by atoms with Crippen LogP contribution in [0.25, 0.3) is 5.57 Å². The van der Waals surface area contributed by atoms with Crippen molar-refractivity contribution in [2.75, 3.05) is 5.32 Å². The summed E-state index contributed by atoms with van der Waals surface area (Å²) < 4.78 is 27.1. The highest BCUT2D eigenvalue weighted by molar-refractivity contribution is 7.89. The minimum absolute atomic E-state index is 0.0657. The number of benzene rings is 1. The van der Waals surface area contributed by atoms with Crippen molar-refractivity contribution in [3.63, 3.8) is 0 Å². The Morgan fingerprint density at radius 1 is 1.30 bits per heavy atom. The largest absolute Gasteiger partial charge is 0.321 e. The lowest BCUT2D eigenvalue weighted by molar-refractivity contribution is -0.110. The van der Waals surface area contributed by atoms with Crippen molar-refractivity contribution in [2.24, 2.45) is 0 Å². The minimum atomic E-state index is -3.50. The molecule has 0 radical (unpaired) electrons. The van der Waals surface area contributed by atoms with E-state index in [0.717, 1.165) is 18.4 Å². The second kappa shape index (κ2) is 4.43. The molecule has 1 amide bonds. The molecule has 0 spiro atoms. The zero-order valence-electron chi connectivity index (χ0n) is 11.4. The Morgan fingerprint density at radius 3 is 2.60 bits per heavy atom. The van der Waals surface area contributed by atoms with Gasteiger partial charge in [-0.2, -0.15) is 0 Å². The molecule has 5 nitrogen and oxygen atoms in total. The fourth-order valence-corrected chi connectivity index (χ4v) is 3.63. The van der Waals surface area contributed by atoms with Gasteiger partial charge in [0, 0.05) is 22.9 Å². The molecule has 0 saturated heterocycles. The van der Waals surface area contributed by atoms with E-state index in [2.05, 4.69) is 10.0 Å². The van der Waals surface area contributed by atoms with Crippen LogP contribution < -0.4 is 10.0 Å². The third kappa shape index (κ3) is 2.25. The number of anilines is 1. The molecule has 2 aliphatic rings. The summed E-state index contributed by atoms with van der Waals surface area (Å²) in [5, 5.41) is 2.75. The maximum Gasteiger partial charge on any atom is 0.256 e. The lowest BCUT2D eigenvalue weighted by atomic mass is 10.0. The molecular weight excluding hydrogens is 276 g/mol. The molecular formula is C14H16N2O3S. The molecule has 3 rings (SSSR count). The molecule has 1 aliphatic heterocycles. The average Bonchev–Trinajstić information content (AvgIpc) is 3.07. The molecule has 1 aromatic rings. The molecule has 0 aromatic heterocycles. The van der Waals surface area contributed by atoms with Gasteiger partial charge in [0.1, 0.15) is 0 Å². The highest BCUT2D eigenvalue weighted by Gasteiger charge is 2.30. The third-order valence-corrected chi connectivity index (χ3v) is 4.96. The number of sulfonamides is 1. The molecule has 0 bridgehead atoms. The third-order valence-electron chi connectivity index (χ3n) is 3.45. The fraction of sp³-hybridized carbons (Fsp3) is 0.357. The summed E-state index contributed by atoms with van der Waals surface area (Å²) in [5.74, 6) is -0.176. The number of rotatable bonds is 3. The maximum absolute atomic E-state index is 12.2. The predicted molar refractivity (Wildman–Crippen MR) is 76.7 cm³/mol. The normalized spacial score (nSPS) is 17.9. The van der Waals surface area contributed by atoms with Crippen LogP contribution in [0.15, 0.2) is 28.7 Å². The lowest BCUT2D eigenvalue weighted by Crippen LogP contribution is -2.25. The van der Waals surface area contributed by atoms with Crippen LogP contribution in [0, 0.1) is 0 Å². The second-order valence-electron chi connectivity index (χ2n) is 5.43. The zero-order valence-corrected chi connectivity index (χ0v) is 12.2. The molecule has 0 atom stereocenters. The van der Waals surface area contributed by atoms with Crippen molar-refractivity contribution in [1.29, 1.82) is 0 Å². The first kappa shape index (κ1) is 13.3. The molecule has 106 valence electrons. The molecule has 2 N–H and O–H groups in total. The molecule has 1 aliphatic carbocycles. The van der Waals surface area contributed by atoms with E-state index >= 15 is 0 Å². The van der Waals surface area contributed by atoms with Gasteiger partial charge in [-0.1, -0.05) is 5.57 Å². The smallest absolute Gasteiger partial charge is 0.256 e. The van der Waals surface area contributed by atoms with Crippen molar-refractivity contribution >= 4 is 27.2 Å². The van der Waals surface area contributed by atoms with E-state index < -0.39 is 10.0 Å². The Bertz CT molecular complexity index is 727. The average molecular weight is 292 g/mol. The van der Waals surface area contributed by atoms with E-state index in [1.54, 1.807) is 12.1 Å². The molecule has 1 heterocycles. The van der Waals surface area contributed by atoms with E-state index in [1.807, 2.05) is 13.8 Å². The van der Waals surface area contributed by atoms with Gasteiger partial charge in [-0.15, -0.1) is 0 Å². The fourth-order valence-electron chi connectivity index (χ4n) is 2.30. The number of hydrogen-bond donors (Lipinski definition) is 2. The van der Waals surface area contributed by atoms with Crippen LogP contribution >= 0.6 is 0 Å². The van der Waals surface area contributed by atoms with Gasteiger partial charge in [0.05, 0.1) is 4.90 Å². The van der Waals surface area contributed by atoms with Crippen LogP contribution in [0.4, 0.5) is 5.69 Å². The Labute approximate surface area is 118 Å². The van der Waals surface area contributed by atoms with Crippen molar-refractivity contribution in [2.45, 2.75) is 37.6 Å². The summed E-state index contributed by atoms with van der Waals surface area (Å²) in [6.07, 6.45) is 1.78. The number of carbonyl (C=O) groups excluding carboxylic acids is 1. The summed E-state index contributed by atoms with van der Waals surface area (Å²) in [7, 11) is -3.50. The molecule has 1 saturated carbocycles. The quantitative estimate of drug-likeness (QED) is 0.835. The molecule has 20 heavy (non-hydrogen) atoms. The Morgan fingerprint density at radius 2 is 2.00 bits per heavy atom. The molecule has 6 heteroatoms. The number of fused-ring (bicyclic) bond motifs is 1. The Balaban J connectivity index is 2.06. The van der Waals surface area contributed by atoms with Gasteiger partial charge in [-0.25, -0.2) is 13.1 Å². The lowest BCUT2D eigenvalue weighted by Gasteiger charge is -2.07. The summed E-state index contributed by atoms with van der Waals surface area (Å²) in [6, 6.07) is 4.80. The van der Waals surface area contributed by atoms with Crippen LogP contribution in [-0.2, 0) is 14.8 Å². The molecule has 1 fully saturated rings. The standard InChI is InChI=1S/C14H16N2O3S/c1-8(2)13-11-7-10(5-6-12(11)15-14(13)17)20(18,19)16-9-3-4-9/h5-7,9,16H,3-4H2,1-2H3,(H,15,17). The second-order valence-corrected chi connectivity index (χ2v) is 7.15. The SMILES string of the molecule is CC(C)=C1C(=O)Nc2ccc(S(=O)(=O)NC3CC3)cc21. The van der Waals surface area contributed by atoms with Gasteiger partial charge in [0.25, 0.3) is 5.91 Å². The van der Waals surface area contributed by atoms with Crippen molar-refractivity contribution < 1.29 is 13.2 Å². The van der Waals surface area contributed by atoms with Crippen molar-refractivity contribution in [1.82, 2.24) is 4.72 Å². The number of carbonyl (C=O) groups is 1. The van der Waals surface area contributed by atoms with Crippen LogP contribution in [0.2, 0.25) is 0 Å². The summed E-state index contributed by atoms with van der Waals surface area (Å²) in [6.45, 7) is 3.68. The summed E-state index contributed by atoms with van der Waals surface area (Å²) >= 11 is 0. The first-order chi connectivity index (χ1) is 9.38. The first-order valence-electron chi connectivity index (χ1n) is 6.54. The minimum Gasteiger partial charge on any atom is -0.321 e. The maximum atomic E-state index is 12.2. The molecule has 0 unspecified atom stereocenters. The van der Waals surface area contributed by atoms with Gasteiger partial charge in [0.2, 0.25) is 10.0 Å².